The summed E-state index contributed by atoms with van der Waals surface area (Å²) in [5.41, 5.74) is 1.14. The lowest BCUT2D eigenvalue weighted by atomic mass is 10.2. The normalized spacial score (nSPS) is 18.0. The number of carbonyl (C=O) groups is 2. The Kier molecular flexibility index (Phi) is 4.95. The van der Waals surface area contributed by atoms with Crippen molar-refractivity contribution in [1.29, 1.82) is 0 Å². The molecule has 1 aliphatic rings. The fourth-order valence-corrected chi connectivity index (χ4v) is 2.25. The van der Waals surface area contributed by atoms with E-state index in [2.05, 4.69) is 10.2 Å². The third-order valence-electron chi connectivity index (χ3n) is 3.13. The van der Waals surface area contributed by atoms with Crippen LogP contribution >= 0.6 is 0 Å². The molecule has 0 spiro atoms. The highest BCUT2D eigenvalue weighted by atomic mass is 16.5. The minimum atomic E-state index is -1.08. The molecule has 0 radical (unpaired) electrons. The molecule has 1 aromatic carbocycles. The smallest absolute Gasteiger partial charge is 0.329 e. The first-order chi connectivity index (χ1) is 9.65. The van der Waals surface area contributed by atoms with Crippen molar-refractivity contribution >= 4 is 17.6 Å². The Labute approximate surface area is 117 Å². The summed E-state index contributed by atoms with van der Waals surface area (Å²) in [6, 6.07) is 10.1. The summed E-state index contributed by atoms with van der Waals surface area (Å²) in [6.45, 7) is 0.988. The number of carboxylic acids is 1. The number of benzene rings is 1. The number of rotatable bonds is 6. The van der Waals surface area contributed by atoms with Crippen molar-refractivity contribution in [1.82, 2.24) is 5.32 Å². The molecule has 1 saturated heterocycles. The molecule has 6 nitrogen and oxygen atoms in total. The highest BCUT2D eigenvalue weighted by Crippen LogP contribution is 2.19. The van der Waals surface area contributed by atoms with Crippen LogP contribution in [0.5, 0.6) is 0 Å². The van der Waals surface area contributed by atoms with E-state index in [1.807, 2.05) is 30.3 Å². The van der Waals surface area contributed by atoms with Gasteiger partial charge in [0, 0.05) is 24.8 Å². The van der Waals surface area contributed by atoms with Crippen LogP contribution in [0.15, 0.2) is 30.3 Å². The van der Waals surface area contributed by atoms with Gasteiger partial charge in [-0.3, -0.25) is 4.79 Å². The summed E-state index contributed by atoms with van der Waals surface area (Å²) in [5, 5.41) is 11.3. The van der Waals surface area contributed by atoms with Gasteiger partial charge in [-0.15, -0.1) is 0 Å². The first-order valence-corrected chi connectivity index (χ1v) is 6.54. The maximum Gasteiger partial charge on any atom is 0.329 e. The SMILES string of the molecule is O=C(O)COCC(=O)NC1CCN(c2ccccc2)C1. The number of hydrogen-bond acceptors (Lipinski definition) is 4. The largest absolute Gasteiger partial charge is 0.480 e. The van der Waals surface area contributed by atoms with Crippen molar-refractivity contribution < 1.29 is 19.4 Å². The molecule has 0 aliphatic carbocycles. The fourth-order valence-electron chi connectivity index (χ4n) is 2.25. The first-order valence-electron chi connectivity index (χ1n) is 6.54. The van der Waals surface area contributed by atoms with Gasteiger partial charge >= 0.3 is 5.97 Å². The van der Waals surface area contributed by atoms with Crippen LogP contribution in [0.4, 0.5) is 5.69 Å². The molecule has 0 saturated carbocycles. The van der Waals surface area contributed by atoms with Crippen LogP contribution in [0.2, 0.25) is 0 Å². The zero-order valence-electron chi connectivity index (χ0n) is 11.1. The Morgan fingerprint density at radius 1 is 1.30 bits per heavy atom. The molecule has 1 unspecified atom stereocenters. The maximum atomic E-state index is 11.6. The average molecular weight is 278 g/mol. The summed E-state index contributed by atoms with van der Waals surface area (Å²) >= 11 is 0. The number of anilines is 1. The molecule has 1 amide bonds. The van der Waals surface area contributed by atoms with Gasteiger partial charge in [0.2, 0.25) is 5.91 Å². The second kappa shape index (κ2) is 6.91. The van der Waals surface area contributed by atoms with Crippen LogP contribution in [0.3, 0.4) is 0 Å². The summed E-state index contributed by atoms with van der Waals surface area (Å²) in [4.78, 5) is 24.0. The lowest BCUT2D eigenvalue weighted by Gasteiger charge is -2.18. The Balaban J connectivity index is 1.73. The molecule has 6 heteroatoms. The second-order valence-electron chi connectivity index (χ2n) is 4.72. The van der Waals surface area contributed by atoms with E-state index in [1.165, 1.54) is 0 Å². The summed E-state index contributed by atoms with van der Waals surface area (Å²) < 4.78 is 4.75. The third-order valence-corrected chi connectivity index (χ3v) is 3.13. The van der Waals surface area contributed by atoms with E-state index in [0.717, 1.165) is 25.2 Å². The summed E-state index contributed by atoms with van der Waals surface area (Å²) in [6.07, 6.45) is 0.875. The lowest BCUT2D eigenvalue weighted by molar-refractivity contribution is -0.143. The Hall–Kier alpha value is -2.08. The molecule has 2 N–H and O–H groups in total. The third kappa shape index (κ3) is 4.24. The quantitative estimate of drug-likeness (QED) is 0.791. The summed E-state index contributed by atoms with van der Waals surface area (Å²) in [5.74, 6) is -1.35. The van der Waals surface area contributed by atoms with E-state index < -0.39 is 12.6 Å². The number of nitrogens with one attached hydrogen (secondary N) is 1. The minimum absolute atomic E-state index is 0.0798. The fraction of sp³-hybridized carbons (Fsp3) is 0.429. The van der Waals surface area contributed by atoms with E-state index >= 15 is 0 Å². The number of nitrogens with zero attached hydrogens (tertiary/aromatic N) is 1. The first kappa shape index (κ1) is 14.3. The van der Waals surface area contributed by atoms with Gasteiger partial charge in [-0.25, -0.2) is 4.79 Å². The van der Waals surface area contributed by atoms with Gasteiger partial charge in [-0.1, -0.05) is 18.2 Å². The van der Waals surface area contributed by atoms with Gasteiger partial charge in [0.1, 0.15) is 13.2 Å². The minimum Gasteiger partial charge on any atom is -0.480 e. The van der Waals surface area contributed by atoms with E-state index in [4.69, 9.17) is 9.84 Å². The highest BCUT2D eigenvalue weighted by Gasteiger charge is 2.23. The van der Waals surface area contributed by atoms with Crippen molar-refractivity contribution in [3.8, 4) is 0 Å². The van der Waals surface area contributed by atoms with Crippen molar-refractivity contribution in [2.24, 2.45) is 0 Å². The molecule has 1 aliphatic heterocycles. The average Bonchev–Trinajstić information content (AvgIpc) is 2.88. The number of carboxylic acid groups (broad SMARTS) is 1. The van der Waals surface area contributed by atoms with Crippen LogP contribution in [0.1, 0.15) is 6.42 Å². The topological polar surface area (TPSA) is 78.9 Å². The van der Waals surface area contributed by atoms with E-state index in [0.29, 0.717) is 0 Å². The van der Waals surface area contributed by atoms with Gasteiger partial charge in [-0.2, -0.15) is 0 Å². The van der Waals surface area contributed by atoms with E-state index in [-0.39, 0.29) is 18.6 Å². The van der Waals surface area contributed by atoms with Gasteiger partial charge in [0.25, 0.3) is 0 Å². The zero-order valence-corrected chi connectivity index (χ0v) is 11.1. The van der Waals surface area contributed by atoms with Crippen LogP contribution in [0.25, 0.3) is 0 Å². The molecule has 2 rings (SSSR count). The number of amides is 1. The standard InChI is InChI=1S/C14H18N2O4/c17-13(9-20-10-14(18)19)15-11-6-7-16(8-11)12-4-2-1-3-5-12/h1-5,11H,6-10H2,(H,15,17)(H,18,19). The monoisotopic (exact) mass is 278 g/mol. The number of hydrogen-bond donors (Lipinski definition) is 2. The van der Waals surface area contributed by atoms with Gasteiger partial charge in [0.15, 0.2) is 0 Å². The van der Waals surface area contributed by atoms with Gasteiger partial charge in [0.05, 0.1) is 0 Å². The van der Waals surface area contributed by atoms with Crippen LogP contribution in [-0.4, -0.2) is 49.3 Å². The molecule has 1 fully saturated rings. The Morgan fingerprint density at radius 2 is 2.05 bits per heavy atom. The van der Waals surface area contributed by atoms with Crippen LogP contribution < -0.4 is 10.2 Å². The molecule has 1 heterocycles. The highest BCUT2D eigenvalue weighted by molar-refractivity contribution is 5.78. The van der Waals surface area contributed by atoms with Crippen LogP contribution in [0, 0.1) is 0 Å². The second-order valence-corrected chi connectivity index (χ2v) is 4.72. The molecule has 0 aromatic heterocycles. The predicted octanol–water partition coefficient (Wildman–Crippen LogP) is 0.483. The van der Waals surface area contributed by atoms with Gasteiger partial charge in [-0.05, 0) is 18.6 Å². The van der Waals surface area contributed by atoms with Crippen molar-refractivity contribution in [2.75, 3.05) is 31.2 Å². The van der Waals surface area contributed by atoms with Crippen LogP contribution in [-0.2, 0) is 14.3 Å². The number of carbonyl (C=O) groups excluding carboxylic acids is 1. The van der Waals surface area contributed by atoms with Crippen molar-refractivity contribution in [3.63, 3.8) is 0 Å². The van der Waals surface area contributed by atoms with Crippen molar-refractivity contribution in [2.45, 2.75) is 12.5 Å². The lowest BCUT2D eigenvalue weighted by Crippen LogP contribution is -2.39. The maximum absolute atomic E-state index is 11.6. The molecule has 1 atom stereocenters. The molecular formula is C14H18N2O4. The number of ether oxygens (including phenoxy) is 1. The molecule has 0 bridgehead atoms. The number of aliphatic carboxylic acids is 1. The Morgan fingerprint density at radius 3 is 2.75 bits per heavy atom. The molecular weight excluding hydrogens is 260 g/mol. The predicted molar refractivity (Wildman–Crippen MR) is 73.7 cm³/mol. The molecule has 20 heavy (non-hydrogen) atoms. The van der Waals surface area contributed by atoms with E-state index in [1.54, 1.807) is 0 Å². The van der Waals surface area contributed by atoms with E-state index in [9.17, 15) is 9.59 Å². The Bertz CT molecular complexity index is 464. The van der Waals surface area contributed by atoms with Gasteiger partial charge < -0.3 is 20.1 Å². The zero-order chi connectivity index (χ0) is 14.4. The number of para-hydroxylation sites is 1. The molecule has 1 aromatic rings. The summed E-state index contributed by atoms with van der Waals surface area (Å²) in [7, 11) is 0. The molecule has 108 valence electrons. The van der Waals surface area contributed by atoms with Crippen molar-refractivity contribution in [3.05, 3.63) is 30.3 Å².